The Labute approximate surface area is 103 Å². The average molecular weight is 282 g/mol. The van der Waals surface area contributed by atoms with Crippen LogP contribution in [-0.4, -0.2) is 28.2 Å². The van der Waals surface area contributed by atoms with Gasteiger partial charge in [0.25, 0.3) is 0 Å². The summed E-state index contributed by atoms with van der Waals surface area (Å²) in [5, 5.41) is 2.75. The van der Waals surface area contributed by atoms with Gasteiger partial charge in [-0.05, 0) is 18.7 Å². The van der Waals surface area contributed by atoms with Gasteiger partial charge in [0.2, 0.25) is 10.0 Å². The van der Waals surface area contributed by atoms with E-state index in [1.165, 1.54) is 16.9 Å². The quantitative estimate of drug-likeness (QED) is 0.854. The first-order chi connectivity index (χ1) is 8.26. The van der Waals surface area contributed by atoms with E-state index in [4.69, 9.17) is 0 Å². The van der Waals surface area contributed by atoms with Gasteiger partial charge in [-0.25, -0.2) is 13.1 Å². The number of nitrogens with one attached hydrogen (secondary N) is 2. The molecule has 0 fully saturated rings. The van der Waals surface area contributed by atoms with Gasteiger partial charge in [0.15, 0.2) is 0 Å². The molecule has 0 bridgehead atoms. The largest absolute Gasteiger partial charge is 0.402 e. The second-order valence-electron chi connectivity index (χ2n) is 3.58. The SMILES string of the molecule is CNCc1ccccc1S(=O)(=O)NCC(F)(F)F. The zero-order valence-corrected chi connectivity index (χ0v) is 10.4. The molecule has 102 valence electrons. The summed E-state index contributed by atoms with van der Waals surface area (Å²) in [5.74, 6) is 0. The second-order valence-corrected chi connectivity index (χ2v) is 5.31. The van der Waals surface area contributed by atoms with E-state index in [0.717, 1.165) is 0 Å². The van der Waals surface area contributed by atoms with Crippen LogP contribution in [0.25, 0.3) is 0 Å². The van der Waals surface area contributed by atoms with Crippen LogP contribution in [0.1, 0.15) is 5.56 Å². The Hall–Kier alpha value is -1.12. The van der Waals surface area contributed by atoms with Crippen molar-refractivity contribution in [3.8, 4) is 0 Å². The zero-order chi connectivity index (χ0) is 13.8. The molecule has 1 rings (SSSR count). The van der Waals surface area contributed by atoms with E-state index in [1.807, 2.05) is 0 Å². The third-order valence-electron chi connectivity index (χ3n) is 2.09. The Balaban J connectivity index is 2.98. The van der Waals surface area contributed by atoms with Crippen molar-refractivity contribution in [1.29, 1.82) is 0 Å². The molecule has 18 heavy (non-hydrogen) atoms. The summed E-state index contributed by atoms with van der Waals surface area (Å²) in [6, 6.07) is 5.89. The van der Waals surface area contributed by atoms with Gasteiger partial charge in [-0.15, -0.1) is 0 Å². The van der Waals surface area contributed by atoms with Crippen molar-refractivity contribution in [1.82, 2.24) is 10.0 Å². The summed E-state index contributed by atoms with van der Waals surface area (Å²) in [6.07, 6.45) is -4.58. The van der Waals surface area contributed by atoms with Crippen LogP contribution < -0.4 is 10.0 Å². The summed E-state index contributed by atoms with van der Waals surface area (Å²) in [4.78, 5) is -0.149. The van der Waals surface area contributed by atoms with Crippen molar-refractivity contribution >= 4 is 10.0 Å². The third kappa shape index (κ3) is 4.28. The van der Waals surface area contributed by atoms with Crippen LogP contribution in [0.3, 0.4) is 0 Å². The minimum Gasteiger partial charge on any atom is -0.316 e. The van der Waals surface area contributed by atoms with Crippen molar-refractivity contribution < 1.29 is 21.6 Å². The van der Waals surface area contributed by atoms with Gasteiger partial charge < -0.3 is 5.32 Å². The van der Waals surface area contributed by atoms with Crippen LogP contribution in [0, 0.1) is 0 Å². The fourth-order valence-corrected chi connectivity index (χ4v) is 2.61. The molecule has 2 N–H and O–H groups in total. The first kappa shape index (κ1) is 14.9. The molecule has 4 nitrogen and oxygen atoms in total. The fourth-order valence-electron chi connectivity index (χ4n) is 1.36. The summed E-state index contributed by atoms with van der Waals surface area (Å²) in [7, 11) is -2.54. The van der Waals surface area contributed by atoms with Gasteiger partial charge >= 0.3 is 6.18 Å². The molecule has 0 spiro atoms. The van der Waals surface area contributed by atoms with E-state index in [-0.39, 0.29) is 11.4 Å². The first-order valence-electron chi connectivity index (χ1n) is 5.05. The Morgan fingerprint density at radius 1 is 1.22 bits per heavy atom. The van der Waals surface area contributed by atoms with Crippen LogP contribution in [-0.2, 0) is 16.6 Å². The monoisotopic (exact) mass is 282 g/mol. The zero-order valence-electron chi connectivity index (χ0n) is 9.58. The minimum absolute atomic E-state index is 0.149. The van der Waals surface area contributed by atoms with E-state index < -0.39 is 22.7 Å². The Morgan fingerprint density at radius 3 is 2.39 bits per heavy atom. The van der Waals surface area contributed by atoms with Crippen molar-refractivity contribution in [2.45, 2.75) is 17.6 Å². The topological polar surface area (TPSA) is 58.2 Å². The highest BCUT2D eigenvalue weighted by Crippen LogP contribution is 2.18. The number of alkyl halides is 3. The Bertz CT molecular complexity index is 500. The standard InChI is InChI=1S/C10H13F3N2O2S/c1-14-6-8-4-2-3-5-9(8)18(16,17)15-7-10(11,12)13/h2-5,14-15H,6-7H2,1H3. The Kier molecular flexibility index (Phi) is 4.71. The smallest absolute Gasteiger partial charge is 0.316 e. The van der Waals surface area contributed by atoms with Crippen molar-refractivity contribution in [3.63, 3.8) is 0 Å². The molecule has 0 aliphatic heterocycles. The molecule has 8 heteroatoms. The highest BCUT2D eigenvalue weighted by molar-refractivity contribution is 7.89. The number of halogens is 3. The van der Waals surface area contributed by atoms with Crippen LogP contribution in [0.2, 0.25) is 0 Å². The van der Waals surface area contributed by atoms with Crippen LogP contribution in [0.4, 0.5) is 13.2 Å². The molecule has 0 unspecified atom stereocenters. The van der Waals surface area contributed by atoms with E-state index in [9.17, 15) is 21.6 Å². The van der Waals surface area contributed by atoms with Gasteiger partial charge in [0, 0.05) is 6.54 Å². The lowest BCUT2D eigenvalue weighted by Gasteiger charge is -2.12. The first-order valence-corrected chi connectivity index (χ1v) is 6.53. The molecular weight excluding hydrogens is 269 g/mol. The molecule has 0 saturated carbocycles. The van der Waals surface area contributed by atoms with Crippen LogP contribution in [0.5, 0.6) is 0 Å². The second kappa shape index (κ2) is 5.68. The minimum atomic E-state index is -4.58. The lowest BCUT2D eigenvalue weighted by molar-refractivity contribution is -0.121. The summed E-state index contributed by atoms with van der Waals surface area (Å²) < 4.78 is 61.0. The summed E-state index contributed by atoms with van der Waals surface area (Å²) in [5.41, 5.74) is 0.412. The van der Waals surface area contributed by atoms with Gasteiger partial charge in [-0.2, -0.15) is 13.2 Å². The molecule has 0 aromatic heterocycles. The number of sulfonamides is 1. The number of hydrogen-bond donors (Lipinski definition) is 2. The van der Waals surface area contributed by atoms with E-state index in [1.54, 1.807) is 19.2 Å². The molecular formula is C10H13F3N2O2S. The fraction of sp³-hybridized carbons (Fsp3) is 0.400. The molecule has 0 atom stereocenters. The lowest BCUT2D eigenvalue weighted by Crippen LogP contribution is -2.34. The Morgan fingerprint density at radius 2 is 1.83 bits per heavy atom. The molecule has 0 heterocycles. The van der Waals surface area contributed by atoms with E-state index in [0.29, 0.717) is 5.56 Å². The number of hydrogen-bond acceptors (Lipinski definition) is 3. The summed E-state index contributed by atoms with van der Waals surface area (Å²) in [6.45, 7) is -1.33. The molecule has 0 saturated heterocycles. The lowest BCUT2D eigenvalue weighted by atomic mass is 10.2. The third-order valence-corrected chi connectivity index (χ3v) is 3.59. The van der Waals surface area contributed by atoms with Gasteiger partial charge in [0.05, 0.1) is 4.90 Å². The maximum Gasteiger partial charge on any atom is 0.402 e. The van der Waals surface area contributed by atoms with E-state index >= 15 is 0 Å². The van der Waals surface area contributed by atoms with Gasteiger partial charge in [-0.3, -0.25) is 0 Å². The molecule has 0 aliphatic rings. The van der Waals surface area contributed by atoms with Crippen molar-refractivity contribution in [3.05, 3.63) is 29.8 Å². The van der Waals surface area contributed by atoms with Crippen molar-refractivity contribution in [2.24, 2.45) is 0 Å². The average Bonchev–Trinajstić information content (AvgIpc) is 2.27. The molecule has 0 radical (unpaired) electrons. The summed E-state index contributed by atoms with van der Waals surface area (Å²) >= 11 is 0. The van der Waals surface area contributed by atoms with Crippen molar-refractivity contribution in [2.75, 3.05) is 13.6 Å². The maximum absolute atomic E-state index is 12.0. The molecule has 0 aliphatic carbocycles. The highest BCUT2D eigenvalue weighted by atomic mass is 32.2. The molecule has 1 aromatic rings. The van der Waals surface area contributed by atoms with Gasteiger partial charge in [-0.1, -0.05) is 18.2 Å². The predicted octanol–water partition coefficient (Wildman–Crippen LogP) is 1.25. The number of benzene rings is 1. The normalized spacial score (nSPS) is 12.7. The number of rotatable bonds is 5. The molecule has 1 aromatic carbocycles. The molecule has 0 amide bonds. The highest BCUT2D eigenvalue weighted by Gasteiger charge is 2.30. The van der Waals surface area contributed by atoms with Crippen LogP contribution >= 0.6 is 0 Å². The predicted molar refractivity (Wildman–Crippen MR) is 60.4 cm³/mol. The van der Waals surface area contributed by atoms with Crippen LogP contribution in [0.15, 0.2) is 29.2 Å². The van der Waals surface area contributed by atoms with Gasteiger partial charge in [0.1, 0.15) is 6.54 Å². The maximum atomic E-state index is 12.0. The van der Waals surface area contributed by atoms with E-state index in [2.05, 4.69) is 5.32 Å².